The van der Waals surface area contributed by atoms with Crippen molar-refractivity contribution < 1.29 is 23.7 Å². The lowest BCUT2D eigenvalue weighted by Gasteiger charge is -2.15. The molecule has 1 atom stereocenters. The molecule has 0 spiro atoms. The van der Waals surface area contributed by atoms with Crippen molar-refractivity contribution in [3.05, 3.63) is 60.7 Å². The number of carbonyl (C=O) groups is 1. The Balaban J connectivity index is 1.31. The van der Waals surface area contributed by atoms with Gasteiger partial charge in [0, 0.05) is 17.7 Å². The molecule has 2 aromatic carbocycles. The number of hydrogen-bond donors (Lipinski definition) is 1. The van der Waals surface area contributed by atoms with Gasteiger partial charge in [-0.2, -0.15) is 4.52 Å². The molecule has 2 aromatic heterocycles. The number of aromatic nitrogens is 4. The van der Waals surface area contributed by atoms with Crippen molar-refractivity contribution in [1.29, 1.82) is 0 Å². The SMILES string of the molecule is CCOc1cccc(OC(C)C(=O)NCCOc2ccc3nnc(-c4cccc(OC)c4)n3n2)c1. The summed E-state index contributed by atoms with van der Waals surface area (Å²) in [5.41, 5.74) is 1.40. The highest BCUT2D eigenvalue weighted by atomic mass is 16.5. The van der Waals surface area contributed by atoms with Crippen molar-refractivity contribution in [2.45, 2.75) is 20.0 Å². The summed E-state index contributed by atoms with van der Waals surface area (Å²) in [4.78, 5) is 12.4. The van der Waals surface area contributed by atoms with Gasteiger partial charge in [0.05, 0.1) is 20.3 Å². The lowest BCUT2D eigenvalue weighted by Crippen LogP contribution is -2.38. The minimum absolute atomic E-state index is 0.230. The fraction of sp³-hybridized carbons (Fsp3) is 0.280. The van der Waals surface area contributed by atoms with Gasteiger partial charge < -0.3 is 24.3 Å². The zero-order valence-electron chi connectivity index (χ0n) is 19.8. The van der Waals surface area contributed by atoms with E-state index in [1.165, 1.54) is 0 Å². The molecule has 1 unspecified atom stereocenters. The van der Waals surface area contributed by atoms with E-state index in [0.29, 0.717) is 41.2 Å². The van der Waals surface area contributed by atoms with Gasteiger partial charge in [-0.15, -0.1) is 15.3 Å². The molecule has 182 valence electrons. The average molecular weight is 478 g/mol. The Labute approximate surface area is 202 Å². The van der Waals surface area contributed by atoms with E-state index in [2.05, 4.69) is 20.6 Å². The van der Waals surface area contributed by atoms with Gasteiger partial charge in [0.2, 0.25) is 5.88 Å². The summed E-state index contributed by atoms with van der Waals surface area (Å²) in [7, 11) is 1.61. The third-order valence-electron chi connectivity index (χ3n) is 5.02. The van der Waals surface area contributed by atoms with Crippen LogP contribution in [-0.4, -0.2) is 58.7 Å². The molecule has 2 heterocycles. The first-order valence-corrected chi connectivity index (χ1v) is 11.2. The molecule has 4 aromatic rings. The molecule has 10 heteroatoms. The summed E-state index contributed by atoms with van der Waals surface area (Å²) in [6.07, 6.45) is -0.677. The van der Waals surface area contributed by atoms with Crippen LogP contribution in [0.25, 0.3) is 17.0 Å². The second kappa shape index (κ2) is 11.2. The van der Waals surface area contributed by atoms with Crippen LogP contribution in [0.5, 0.6) is 23.1 Å². The van der Waals surface area contributed by atoms with E-state index < -0.39 is 6.10 Å². The summed E-state index contributed by atoms with van der Waals surface area (Å²) < 4.78 is 23.8. The third-order valence-corrected chi connectivity index (χ3v) is 5.02. The van der Waals surface area contributed by atoms with Crippen molar-refractivity contribution in [1.82, 2.24) is 25.1 Å². The molecule has 0 saturated carbocycles. The van der Waals surface area contributed by atoms with Crippen LogP contribution >= 0.6 is 0 Å². The number of carbonyl (C=O) groups excluding carboxylic acids is 1. The van der Waals surface area contributed by atoms with E-state index in [-0.39, 0.29) is 19.1 Å². The Morgan fingerprint density at radius 3 is 2.63 bits per heavy atom. The summed E-state index contributed by atoms with van der Waals surface area (Å²) in [6, 6.07) is 18.2. The first kappa shape index (κ1) is 23.8. The number of methoxy groups -OCH3 is 1. The van der Waals surface area contributed by atoms with Crippen LogP contribution in [0.4, 0.5) is 0 Å². The van der Waals surface area contributed by atoms with Gasteiger partial charge in [-0.1, -0.05) is 18.2 Å². The lowest BCUT2D eigenvalue weighted by atomic mass is 10.2. The number of ether oxygens (including phenoxy) is 4. The molecule has 0 saturated heterocycles. The Morgan fingerprint density at radius 2 is 1.80 bits per heavy atom. The summed E-state index contributed by atoms with van der Waals surface area (Å²) >= 11 is 0. The largest absolute Gasteiger partial charge is 0.497 e. The maximum absolute atomic E-state index is 12.4. The fourth-order valence-electron chi connectivity index (χ4n) is 3.33. The van der Waals surface area contributed by atoms with Crippen LogP contribution in [0.3, 0.4) is 0 Å². The van der Waals surface area contributed by atoms with Crippen LogP contribution in [-0.2, 0) is 4.79 Å². The van der Waals surface area contributed by atoms with Gasteiger partial charge in [-0.3, -0.25) is 4.79 Å². The van der Waals surface area contributed by atoms with Gasteiger partial charge in [0.1, 0.15) is 23.9 Å². The Morgan fingerprint density at radius 1 is 1.00 bits per heavy atom. The molecule has 0 aliphatic heterocycles. The molecule has 35 heavy (non-hydrogen) atoms. The number of nitrogens with zero attached hydrogens (tertiary/aromatic N) is 4. The second-order valence-corrected chi connectivity index (χ2v) is 7.50. The third kappa shape index (κ3) is 5.97. The van der Waals surface area contributed by atoms with Crippen LogP contribution in [0.1, 0.15) is 13.8 Å². The summed E-state index contributed by atoms with van der Waals surface area (Å²) in [5, 5.41) is 15.7. The van der Waals surface area contributed by atoms with Crippen LogP contribution in [0, 0.1) is 0 Å². The monoisotopic (exact) mass is 477 g/mol. The molecule has 1 N–H and O–H groups in total. The Kier molecular flexibility index (Phi) is 7.61. The van der Waals surface area contributed by atoms with Crippen LogP contribution < -0.4 is 24.3 Å². The fourth-order valence-corrected chi connectivity index (χ4v) is 3.33. The molecule has 0 bridgehead atoms. The van der Waals surface area contributed by atoms with Crippen molar-refractivity contribution in [3.63, 3.8) is 0 Å². The zero-order valence-corrected chi connectivity index (χ0v) is 19.8. The van der Waals surface area contributed by atoms with E-state index in [4.69, 9.17) is 18.9 Å². The van der Waals surface area contributed by atoms with Crippen LogP contribution in [0.15, 0.2) is 60.7 Å². The highest BCUT2D eigenvalue weighted by Crippen LogP contribution is 2.23. The minimum Gasteiger partial charge on any atom is -0.497 e. The predicted octanol–water partition coefficient (Wildman–Crippen LogP) is 3.16. The quantitative estimate of drug-likeness (QED) is 0.328. The second-order valence-electron chi connectivity index (χ2n) is 7.50. The molecular weight excluding hydrogens is 450 g/mol. The molecule has 4 rings (SSSR count). The predicted molar refractivity (Wildman–Crippen MR) is 129 cm³/mol. The highest BCUT2D eigenvalue weighted by Gasteiger charge is 2.15. The van der Waals surface area contributed by atoms with Crippen molar-refractivity contribution in [2.75, 3.05) is 26.9 Å². The first-order valence-electron chi connectivity index (χ1n) is 11.2. The average Bonchev–Trinajstić information content (AvgIpc) is 3.30. The highest BCUT2D eigenvalue weighted by molar-refractivity contribution is 5.80. The number of hydrogen-bond acceptors (Lipinski definition) is 8. The Hall–Kier alpha value is -4.34. The number of amides is 1. The summed E-state index contributed by atoms with van der Waals surface area (Å²) in [6.45, 7) is 4.67. The zero-order chi connectivity index (χ0) is 24.6. The van der Waals surface area contributed by atoms with Crippen molar-refractivity contribution >= 4 is 11.6 Å². The van der Waals surface area contributed by atoms with E-state index in [1.54, 1.807) is 42.8 Å². The number of fused-ring (bicyclic) bond motifs is 1. The minimum atomic E-state index is -0.677. The molecule has 0 aliphatic rings. The Bertz CT molecular complexity index is 1290. The van der Waals surface area contributed by atoms with Crippen molar-refractivity contribution in [3.8, 4) is 34.5 Å². The van der Waals surface area contributed by atoms with E-state index in [0.717, 1.165) is 5.56 Å². The molecule has 1 amide bonds. The van der Waals surface area contributed by atoms with Gasteiger partial charge in [0.25, 0.3) is 5.91 Å². The van der Waals surface area contributed by atoms with Crippen LogP contribution in [0.2, 0.25) is 0 Å². The maximum atomic E-state index is 12.4. The van der Waals surface area contributed by atoms with Gasteiger partial charge in [-0.25, -0.2) is 0 Å². The number of rotatable bonds is 11. The number of benzene rings is 2. The molecule has 0 radical (unpaired) electrons. The molecule has 10 nitrogen and oxygen atoms in total. The number of nitrogens with one attached hydrogen (secondary N) is 1. The van der Waals surface area contributed by atoms with E-state index >= 15 is 0 Å². The van der Waals surface area contributed by atoms with Crippen molar-refractivity contribution in [2.24, 2.45) is 0 Å². The lowest BCUT2D eigenvalue weighted by molar-refractivity contribution is -0.127. The van der Waals surface area contributed by atoms with E-state index in [1.807, 2.05) is 43.3 Å². The smallest absolute Gasteiger partial charge is 0.260 e. The van der Waals surface area contributed by atoms with Gasteiger partial charge in [-0.05, 0) is 44.2 Å². The van der Waals surface area contributed by atoms with E-state index in [9.17, 15) is 4.79 Å². The van der Waals surface area contributed by atoms with Gasteiger partial charge >= 0.3 is 0 Å². The first-order chi connectivity index (χ1) is 17.1. The molecular formula is C25H27N5O5. The topological polar surface area (TPSA) is 109 Å². The maximum Gasteiger partial charge on any atom is 0.260 e. The summed E-state index contributed by atoms with van der Waals surface area (Å²) in [5.74, 6) is 2.66. The standard InChI is InChI=1S/C25H27N5O5/c1-4-33-20-9-6-10-21(16-20)35-17(2)25(31)26-13-14-34-23-12-11-22-27-28-24(30(22)29-23)18-7-5-8-19(15-18)32-3/h5-12,15-17H,4,13-14H2,1-3H3,(H,26,31). The van der Waals surface area contributed by atoms with Gasteiger partial charge in [0.15, 0.2) is 17.6 Å². The molecule has 0 aliphatic carbocycles. The molecule has 0 fully saturated rings. The normalized spacial score (nSPS) is 11.6.